The smallest absolute Gasteiger partial charge is 0.410 e. The highest BCUT2D eigenvalue weighted by Gasteiger charge is 2.46. The van der Waals surface area contributed by atoms with Gasteiger partial charge in [-0.25, -0.2) is 4.79 Å². The molecule has 0 bridgehead atoms. The average Bonchev–Trinajstić information content (AvgIpc) is 3.33. The Balaban J connectivity index is 1.49. The van der Waals surface area contributed by atoms with Crippen molar-refractivity contribution >= 4 is 11.8 Å². The Bertz CT molecular complexity index is 1060. The summed E-state index contributed by atoms with van der Waals surface area (Å²) in [4.78, 5) is 17.2. The maximum absolute atomic E-state index is 12.8. The molecule has 3 aliphatic rings. The lowest BCUT2D eigenvalue weighted by atomic mass is 9.86. The van der Waals surface area contributed by atoms with Crippen molar-refractivity contribution in [1.29, 1.82) is 0 Å². The van der Waals surface area contributed by atoms with Gasteiger partial charge in [0.2, 0.25) is 0 Å². The Hall–Kier alpha value is -2.89. The van der Waals surface area contributed by atoms with Gasteiger partial charge in [0.25, 0.3) is 0 Å². The number of hydrogen-bond donors (Lipinski definition) is 0. The Kier molecular flexibility index (Phi) is 4.99. The van der Waals surface area contributed by atoms with E-state index in [1.54, 1.807) is 14.2 Å². The third kappa shape index (κ3) is 3.46. The van der Waals surface area contributed by atoms with Gasteiger partial charge in [-0.1, -0.05) is 6.07 Å². The van der Waals surface area contributed by atoms with Crippen molar-refractivity contribution in [3.63, 3.8) is 0 Å². The summed E-state index contributed by atoms with van der Waals surface area (Å²) < 4.78 is 16.6. The zero-order valence-corrected chi connectivity index (χ0v) is 19.6. The number of fused-ring (bicyclic) bond motifs is 3. The van der Waals surface area contributed by atoms with Crippen molar-refractivity contribution in [2.75, 3.05) is 38.8 Å². The quantitative estimate of drug-likeness (QED) is 0.689. The van der Waals surface area contributed by atoms with E-state index in [1.807, 2.05) is 37.8 Å². The standard InChI is InChI=1S/C26H32N2O4/c1-26(2,3)32-25(29)27-10-9-21-20(15-27)19-13-18(12-17-8-11-28(21)24(17)19)16-6-7-22(30-4)23(14-16)31-5/h6-7,12-14,20-21H,8-11,15H2,1-5H3/t20-,21-/m0/s1. The van der Waals surface area contributed by atoms with Crippen LogP contribution in [-0.2, 0) is 11.2 Å². The average molecular weight is 437 g/mol. The fraction of sp³-hybridized carbons (Fsp3) is 0.500. The number of carbonyl (C=O) groups excluding carboxylic acids is 1. The first-order chi connectivity index (χ1) is 15.3. The maximum atomic E-state index is 12.8. The highest BCUT2D eigenvalue weighted by molar-refractivity contribution is 5.79. The van der Waals surface area contributed by atoms with E-state index in [-0.39, 0.29) is 6.09 Å². The van der Waals surface area contributed by atoms with E-state index in [0.29, 0.717) is 18.5 Å². The molecule has 0 saturated carbocycles. The predicted octanol–water partition coefficient (Wildman–Crippen LogP) is 4.84. The first-order valence-electron chi connectivity index (χ1n) is 11.4. The number of rotatable bonds is 3. The van der Waals surface area contributed by atoms with Crippen LogP contribution in [0.25, 0.3) is 11.1 Å². The molecular formula is C26H32N2O4. The Morgan fingerprint density at radius 1 is 1.00 bits per heavy atom. The number of likely N-dealkylation sites (tertiary alicyclic amines) is 1. The summed E-state index contributed by atoms with van der Waals surface area (Å²) in [5.41, 5.74) is 6.00. The van der Waals surface area contributed by atoms with Crippen LogP contribution in [0.3, 0.4) is 0 Å². The van der Waals surface area contributed by atoms with Gasteiger partial charge in [0.05, 0.1) is 14.2 Å². The summed E-state index contributed by atoms with van der Waals surface area (Å²) in [6.07, 6.45) is 1.84. The molecule has 0 radical (unpaired) electrons. The minimum Gasteiger partial charge on any atom is -0.493 e. The third-order valence-corrected chi connectivity index (χ3v) is 6.87. The lowest BCUT2D eigenvalue weighted by Gasteiger charge is -2.38. The molecule has 3 heterocycles. The van der Waals surface area contributed by atoms with E-state index in [0.717, 1.165) is 43.0 Å². The van der Waals surface area contributed by atoms with Crippen LogP contribution in [0.15, 0.2) is 30.3 Å². The molecule has 0 unspecified atom stereocenters. The third-order valence-electron chi connectivity index (χ3n) is 6.87. The van der Waals surface area contributed by atoms with Gasteiger partial charge in [-0.3, -0.25) is 0 Å². The van der Waals surface area contributed by atoms with E-state index in [2.05, 4.69) is 23.1 Å². The van der Waals surface area contributed by atoms with Gasteiger partial charge in [0, 0.05) is 37.3 Å². The lowest BCUT2D eigenvalue weighted by molar-refractivity contribution is 0.0189. The second-order valence-electron chi connectivity index (χ2n) is 9.98. The van der Waals surface area contributed by atoms with Gasteiger partial charge in [0.15, 0.2) is 11.5 Å². The zero-order chi connectivity index (χ0) is 22.6. The molecule has 1 fully saturated rings. The van der Waals surface area contributed by atoms with E-state index in [4.69, 9.17) is 14.2 Å². The van der Waals surface area contributed by atoms with E-state index < -0.39 is 5.60 Å². The van der Waals surface area contributed by atoms with Crippen LogP contribution in [0.2, 0.25) is 0 Å². The first kappa shape index (κ1) is 21.0. The summed E-state index contributed by atoms with van der Waals surface area (Å²) in [5.74, 6) is 1.77. The molecule has 2 aromatic carbocycles. The molecule has 1 saturated heterocycles. The van der Waals surface area contributed by atoms with E-state index >= 15 is 0 Å². The normalized spacial score (nSPS) is 21.3. The molecule has 0 aliphatic carbocycles. The molecule has 0 spiro atoms. The predicted molar refractivity (Wildman–Crippen MR) is 125 cm³/mol. The Labute approximate surface area is 190 Å². The summed E-state index contributed by atoms with van der Waals surface area (Å²) in [6.45, 7) is 8.28. The topological polar surface area (TPSA) is 51.2 Å². The van der Waals surface area contributed by atoms with E-state index in [1.165, 1.54) is 22.4 Å². The number of anilines is 1. The van der Waals surface area contributed by atoms with E-state index in [9.17, 15) is 4.79 Å². The van der Waals surface area contributed by atoms with Crippen LogP contribution in [-0.4, -0.2) is 56.5 Å². The largest absolute Gasteiger partial charge is 0.493 e. The summed E-state index contributed by atoms with van der Waals surface area (Å²) in [7, 11) is 3.32. The van der Waals surface area contributed by atoms with Gasteiger partial charge in [-0.15, -0.1) is 0 Å². The summed E-state index contributed by atoms with van der Waals surface area (Å²) in [6, 6.07) is 11.2. The molecule has 0 N–H and O–H groups in total. The van der Waals surface area contributed by atoms with Gasteiger partial charge in [-0.2, -0.15) is 0 Å². The van der Waals surface area contributed by atoms with Crippen LogP contribution in [0.1, 0.15) is 44.2 Å². The molecule has 6 heteroatoms. The molecule has 0 aromatic heterocycles. The van der Waals surface area contributed by atoms with Crippen molar-refractivity contribution in [3.8, 4) is 22.6 Å². The molecule has 32 heavy (non-hydrogen) atoms. The van der Waals surface area contributed by atoms with Crippen molar-refractivity contribution in [1.82, 2.24) is 4.90 Å². The lowest BCUT2D eigenvalue weighted by Crippen LogP contribution is -2.49. The fourth-order valence-electron chi connectivity index (χ4n) is 5.52. The number of carbonyl (C=O) groups is 1. The molecule has 6 nitrogen and oxygen atoms in total. The molecular weight excluding hydrogens is 404 g/mol. The van der Waals surface area contributed by atoms with Gasteiger partial charge in [-0.05, 0) is 80.1 Å². The van der Waals surface area contributed by atoms with Crippen molar-refractivity contribution in [2.24, 2.45) is 0 Å². The minimum absolute atomic E-state index is 0.204. The number of piperidine rings is 1. The maximum Gasteiger partial charge on any atom is 0.410 e. The first-order valence-corrected chi connectivity index (χ1v) is 11.4. The molecule has 5 rings (SSSR count). The fourth-order valence-corrected chi connectivity index (χ4v) is 5.52. The molecule has 2 aromatic rings. The summed E-state index contributed by atoms with van der Waals surface area (Å²) in [5, 5.41) is 0. The van der Waals surface area contributed by atoms with Crippen LogP contribution < -0.4 is 14.4 Å². The van der Waals surface area contributed by atoms with Gasteiger partial charge < -0.3 is 24.0 Å². The number of nitrogens with zero attached hydrogens (tertiary/aromatic N) is 2. The van der Waals surface area contributed by atoms with Crippen molar-refractivity contribution in [3.05, 3.63) is 41.5 Å². The Morgan fingerprint density at radius 3 is 2.50 bits per heavy atom. The summed E-state index contributed by atoms with van der Waals surface area (Å²) >= 11 is 0. The van der Waals surface area contributed by atoms with Crippen molar-refractivity contribution in [2.45, 2.75) is 51.2 Å². The number of ether oxygens (including phenoxy) is 3. The molecule has 2 atom stereocenters. The number of amides is 1. The number of hydrogen-bond acceptors (Lipinski definition) is 5. The molecule has 3 aliphatic heterocycles. The Morgan fingerprint density at radius 2 is 1.78 bits per heavy atom. The molecule has 1 amide bonds. The van der Waals surface area contributed by atoms with Crippen molar-refractivity contribution < 1.29 is 19.0 Å². The van der Waals surface area contributed by atoms with Crippen LogP contribution in [0, 0.1) is 0 Å². The number of benzene rings is 2. The van der Waals surface area contributed by atoms with Crippen LogP contribution >= 0.6 is 0 Å². The van der Waals surface area contributed by atoms with Crippen LogP contribution in [0.4, 0.5) is 10.5 Å². The SMILES string of the molecule is COc1ccc(-c2cc3c4c(c2)[C@@H]2CN(C(=O)OC(C)(C)C)CC[C@@H]2N4CC3)cc1OC. The highest BCUT2D eigenvalue weighted by atomic mass is 16.6. The monoisotopic (exact) mass is 436 g/mol. The zero-order valence-electron chi connectivity index (χ0n) is 19.6. The highest BCUT2D eigenvalue weighted by Crippen LogP contribution is 2.51. The second kappa shape index (κ2) is 7.61. The number of methoxy groups -OCH3 is 2. The molecule has 170 valence electrons. The van der Waals surface area contributed by atoms with Gasteiger partial charge in [0.1, 0.15) is 5.60 Å². The van der Waals surface area contributed by atoms with Crippen LogP contribution in [0.5, 0.6) is 11.5 Å². The second-order valence-corrected chi connectivity index (χ2v) is 9.98. The van der Waals surface area contributed by atoms with Gasteiger partial charge >= 0.3 is 6.09 Å². The minimum atomic E-state index is -0.479.